The van der Waals surface area contributed by atoms with Crippen LogP contribution in [-0.4, -0.2) is 54.6 Å². The van der Waals surface area contributed by atoms with Gasteiger partial charge >= 0.3 is 7.82 Å². The van der Waals surface area contributed by atoms with Crippen molar-refractivity contribution in [3.63, 3.8) is 0 Å². The molecule has 0 saturated heterocycles. The van der Waals surface area contributed by atoms with Gasteiger partial charge < -0.3 is 34.2 Å². The minimum Gasteiger partial charge on any atom is -0.493 e. The first-order valence-corrected chi connectivity index (χ1v) is 12.8. The molecule has 0 aliphatic heterocycles. The van der Waals surface area contributed by atoms with E-state index < -0.39 is 7.82 Å². The molecular formula is C24H28N5O8P. The number of carbonyl (C=O) groups excluding carboxylic acids is 1. The van der Waals surface area contributed by atoms with Gasteiger partial charge in [-0.2, -0.15) is 5.10 Å². The number of hydrogen-bond acceptors (Lipinski definition) is 8. The van der Waals surface area contributed by atoms with Crippen LogP contribution in [-0.2, 0) is 15.8 Å². The lowest BCUT2D eigenvalue weighted by Crippen LogP contribution is -2.14. The molecule has 202 valence electrons. The fourth-order valence-electron chi connectivity index (χ4n) is 3.30. The van der Waals surface area contributed by atoms with Crippen LogP contribution in [0.4, 0.5) is 5.69 Å². The molecule has 1 amide bonds. The molecule has 0 atom stereocenters. The highest BCUT2D eigenvalue weighted by Gasteiger charge is 2.13. The third-order valence-corrected chi connectivity index (χ3v) is 5.02. The van der Waals surface area contributed by atoms with Crippen molar-refractivity contribution < 1.29 is 38.3 Å². The van der Waals surface area contributed by atoms with Gasteiger partial charge in [0.15, 0.2) is 11.5 Å². The highest BCUT2D eigenvalue weighted by molar-refractivity contribution is 7.45. The van der Waals surface area contributed by atoms with Crippen LogP contribution in [0.25, 0.3) is 10.9 Å². The van der Waals surface area contributed by atoms with Gasteiger partial charge in [-0.3, -0.25) is 9.48 Å². The molecule has 4 rings (SSSR count). The lowest BCUT2D eigenvalue weighted by atomic mass is 10.1. The fraction of sp³-hybridized carbons (Fsp3) is 0.250. The van der Waals surface area contributed by atoms with Crippen molar-refractivity contribution in [1.29, 1.82) is 0 Å². The number of benzene rings is 2. The van der Waals surface area contributed by atoms with Crippen LogP contribution in [0.3, 0.4) is 0 Å². The number of phosphoric acid groups is 1. The maximum Gasteiger partial charge on any atom is 0.466 e. The number of fused-ring (bicyclic) bond motifs is 1. The van der Waals surface area contributed by atoms with Gasteiger partial charge in [-0.25, -0.2) is 14.5 Å². The van der Waals surface area contributed by atoms with Crippen LogP contribution in [0.1, 0.15) is 25.5 Å². The first-order valence-electron chi connectivity index (χ1n) is 11.2. The monoisotopic (exact) mass is 545 g/mol. The van der Waals surface area contributed by atoms with Crippen molar-refractivity contribution in [2.45, 2.75) is 26.3 Å². The number of ether oxygens (including phenoxy) is 3. The van der Waals surface area contributed by atoms with Crippen molar-refractivity contribution in [3.05, 3.63) is 60.7 Å². The SMILES string of the molecule is COc1cc2ncnc(Oc3ccc(CC(=O)Nc4cnn(C(C)C)c4)cc3)c2cc1OC.O=P(O)(O)O. The number of rotatable bonds is 8. The number of nitrogens with one attached hydrogen (secondary N) is 1. The largest absolute Gasteiger partial charge is 0.493 e. The van der Waals surface area contributed by atoms with E-state index in [0.717, 1.165) is 5.56 Å². The number of carbonyl (C=O) groups is 1. The molecule has 2 heterocycles. The smallest absolute Gasteiger partial charge is 0.466 e. The summed E-state index contributed by atoms with van der Waals surface area (Å²) in [6, 6.07) is 11.1. The molecule has 0 unspecified atom stereocenters. The maximum absolute atomic E-state index is 12.4. The summed E-state index contributed by atoms with van der Waals surface area (Å²) in [6.07, 6.45) is 5.13. The van der Waals surface area contributed by atoms with Crippen molar-refractivity contribution in [1.82, 2.24) is 19.7 Å². The standard InChI is InChI=1S/C24H25N5O4.H3O4P/c1-15(2)29-13-17(12-27-29)28-23(30)9-16-5-7-18(8-6-16)33-24-19-10-21(31-3)22(32-4)11-20(19)25-14-26-24;1-5(2,3)4/h5-8,10-15H,9H2,1-4H3,(H,28,30);(H3,1,2,3,4). The Bertz CT molecular complexity index is 1430. The Hall–Kier alpha value is -4.03. The van der Waals surface area contributed by atoms with E-state index in [0.29, 0.717) is 39.7 Å². The number of aromatic nitrogens is 4. The molecule has 0 fully saturated rings. The molecule has 2 aromatic carbocycles. The summed E-state index contributed by atoms with van der Waals surface area (Å²) < 4.78 is 27.4. The summed E-state index contributed by atoms with van der Waals surface area (Å²) in [5, 5.41) is 7.79. The van der Waals surface area contributed by atoms with Crippen LogP contribution < -0.4 is 19.5 Å². The van der Waals surface area contributed by atoms with Crippen LogP contribution in [0, 0.1) is 0 Å². The Morgan fingerprint density at radius 1 is 1.05 bits per heavy atom. The van der Waals surface area contributed by atoms with Crippen molar-refractivity contribution in [2.75, 3.05) is 19.5 Å². The molecule has 38 heavy (non-hydrogen) atoms. The Labute approximate surface area is 218 Å². The minimum absolute atomic E-state index is 0.116. The summed E-state index contributed by atoms with van der Waals surface area (Å²) in [6.45, 7) is 4.06. The molecule has 13 nitrogen and oxygen atoms in total. The highest BCUT2D eigenvalue weighted by atomic mass is 31.2. The van der Waals surface area contributed by atoms with Crippen LogP contribution in [0.2, 0.25) is 0 Å². The van der Waals surface area contributed by atoms with E-state index in [9.17, 15) is 4.79 Å². The van der Waals surface area contributed by atoms with Crippen molar-refractivity contribution in [3.8, 4) is 23.1 Å². The predicted molar refractivity (Wildman–Crippen MR) is 138 cm³/mol. The Morgan fingerprint density at radius 3 is 2.26 bits per heavy atom. The predicted octanol–water partition coefficient (Wildman–Crippen LogP) is 3.47. The summed E-state index contributed by atoms with van der Waals surface area (Å²) >= 11 is 0. The Morgan fingerprint density at radius 2 is 1.68 bits per heavy atom. The lowest BCUT2D eigenvalue weighted by molar-refractivity contribution is -0.115. The van der Waals surface area contributed by atoms with E-state index >= 15 is 0 Å². The van der Waals surface area contributed by atoms with Crippen molar-refractivity contribution in [2.24, 2.45) is 0 Å². The third kappa shape index (κ3) is 8.25. The quantitative estimate of drug-likeness (QED) is 0.238. The molecule has 4 N–H and O–H groups in total. The Kier molecular flexibility index (Phi) is 9.37. The Balaban J connectivity index is 0.000000732. The number of anilines is 1. The normalized spacial score (nSPS) is 11.1. The second-order valence-electron chi connectivity index (χ2n) is 8.19. The first kappa shape index (κ1) is 28.5. The van der Waals surface area contributed by atoms with Gasteiger partial charge in [-0.1, -0.05) is 12.1 Å². The van der Waals surface area contributed by atoms with E-state index in [1.54, 1.807) is 49.4 Å². The zero-order chi connectivity index (χ0) is 27.9. The molecular weight excluding hydrogens is 517 g/mol. The van der Waals surface area contributed by atoms with Crippen LogP contribution in [0.5, 0.6) is 23.1 Å². The molecule has 0 bridgehead atoms. The second kappa shape index (κ2) is 12.5. The topological polar surface area (TPSA) is 178 Å². The molecule has 14 heteroatoms. The van der Waals surface area contributed by atoms with Gasteiger partial charge in [0.05, 0.1) is 43.4 Å². The van der Waals surface area contributed by atoms with E-state index in [1.807, 2.05) is 32.2 Å². The number of hydrogen-bond donors (Lipinski definition) is 4. The number of amides is 1. The molecule has 0 radical (unpaired) electrons. The zero-order valence-corrected chi connectivity index (χ0v) is 22.0. The average Bonchev–Trinajstić information content (AvgIpc) is 3.32. The highest BCUT2D eigenvalue weighted by Crippen LogP contribution is 2.35. The van der Waals surface area contributed by atoms with E-state index in [4.69, 9.17) is 33.5 Å². The minimum atomic E-state index is -4.64. The van der Waals surface area contributed by atoms with E-state index in [-0.39, 0.29) is 18.4 Å². The van der Waals surface area contributed by atoms with Crippen molar-refractivity contribution >= 4 is 30.3 Å². The van der Waals surface area contributed by atoms with E-state index in [1.165, 1.54) is 6.33 Å². The van der Waals surface area contributed by atoms with Crippen LogP contribution in [0.15, 0.2) is 55.1 Å². The molecule has 2 aromatic heterocycles. The van der Waals surface area contributed by atoms with Gasteiger partial charge in [0.1, 0.15) is 12.1 Å². The molecule has 0 aliphatic rings. The molecule has 4 aromatic rings. The summed E-state index contributed by atoms with van der Waals surface area (Å²) in [5.74, 6) is 2.01. The summed E-state index contributed by atoms with van der Waals surface area (Å²) in [7, 11) is -1.50. The number of methoxy groups -OCH3 is 2. The first-order chi connectivity index (χ1) is 18.0. The van der Waals surface area contributed by atoms with Gasteiger partial charge in [0, 0.05) is 18.3 Å². The van der Waals surface area contributed by atoms with Gasteiger partial charge in [-0.15, -0.1) is 0 Å². The average molecular weight is 545 g/mol. The molecule has 0 aliphatic carbocycles. The summed E-state index contributed by atoms with van der Waals surface area (Å²) in [5.41, 5.74) is 2.21. The van der Waals surface area contributed by atoms with Gasteiger partial charge in [0.2, 0.25) is 11.8 Å². The lowest BCUT2D eigenvalue weighted by Gasteiger charge is -2.11. The zero-order valence-electron chi connectivity index (χ0n) is 21.1. The van der Waals surface area contributed by atoms with Crippen LogP contribution >= 0.6 is 7.82 Å². The fourth-order valence-corrected chi connectivity index (χ4v) is 3.30. The maximum atomic E-state index is 12.4. The third-order valence-electron chi connectivity index (χ3n) is 5.02. The van der Waals surface area contributed by atoms with E-state index in [2.05, 4.69) is 20.4 Å². The number of nitrogens with zero attached hydrogens (tertiary/aromatic N) is 4. The molecule has 0 saturated carbocycles. The molecule has 0 spiro atoms. The summed E-state index contributed by atoms with van der Waals surface area (Å²) in [4.78, 5) is 42.5. The second-order valence-corrected chi connectivity index (χ2v) is 9.22. The van der Waals surface area contributed by atoms with Gasteiger partial charge in [-0.05, 0) is 37.6 Å². The van der Waals surface area contributed by atoms with Gasteiger partial charge in [0.25, 0.3) is 0 Å².